The van der Waals surface area contributed by atoms with Crippen molar-refractivity contribution in [1.82, 2.24) is 0 Å². The van der Waals surface area contributed by atoms with Crippen LogP contribution in [0, 0.1) is 0 Å². The molecular weight excluding hydrogens is 676 g/mol. The molecule has 5 atom stereocenters. The van der Waals surface area contributed by atoms with Gasteiger partial charge in [-0.05, 0) is 35.2 Å². The van der Waals surface area contributed by atoms with Crippen LogP contribution in [0.25, 0.3) is 21.9 Å². The minimum atomic E-state index is -1.60. The zero-order valence-electron chi connectivity index (χ0n) is 28.4. The molecule has 0 unspecified atom stereocenters. The lowest BCUT2D eigenvalue weighted by Crippen LogP contribution is -2.63. The van der Waals surface area contributed by atoms with Gasteiger partial charge in [-0.3, -0.25) is 19.2 Å². The molecule has 3 aromatic rings. The summed E-state index contributed by atoms with van der Waals surface area (Å²) in [6, 6.07) is 8.53. The standard InChI is InChI=1S/C35H34O16/c1-15(36)43-13-27-31(47-16(2)37)32(48-17(3)38)33(49-18(4)39)35(50-27)51-30-21-11-25(42-6)24(41-5)10-20(21)28(29-22(30)12-44-34(29)40)19-7-8-23-26(9-19)46-14-45-23/h7-11,27,31-33,35H,12-14H2,1-6H3/t27-,31-,32+,33-,35+/m1/s1. The summed E-state index contributed by atoms with van der Waals surface area (Å²) in [6.07, 6.45) is -7.31. The number of esters is 5. The smallest absolute Gasteiger partial charge is 0.339 e. The highest BCUT2D eigenvalue weighted by Gasteiger charge is 2.54. The van der Waals surface area contributed by atoms with E-state index in [0.29, 0.717) is 50.5 Å². The van der Waals surface area contributed by atoms with Crippen molar-refractivity contribution in [3.05, 3.63) is 41.5 Å². The number of methoxy groups -OCH3 is 2. The maximum Gasteiger partial charge on any atom is 0.339 e. The van der Waals surface area contributed by atoms with Gasteiger partial charge in [-0.1, -0.05) is 6.07 Å². The van der Waals surface area contributed by atoms with Crippen LogP contribution < -0.4 is 23.7 Å². The average Bonchev–Trinajstić information content (AvgIpc) is 3.71. The van der Waals surface area contributed by atoms with Gasteiger partial charge in [-0.25, -0.2) is 4.79 Å². The average molecular weight is 711 g/mol. The number of hydrogen-bond donors (Lipinski definition) is 0. The zero-order valence-corrected chi connectivity index (χ0v) is 28.4. The molecule has 0 aromatic heterocycles. The van der Waals surface area contributed by atoms with Crippen molar-refractivity contribution >= 4 is 40.6 Å². The van der Waals surface area contributed by atoms with Gasteiger partial charge in [-0.2, -0.15) is 0 Å². The number of ether oxygens (including phenoxy) is 11. The van der Waals surface area contributed by atoms with E-state index in [0.717, 1.165) is 20.8 Å². The maximum atomic E-state index is 13.5. The Morgan fingerprint density at radius 2 is 1.35 bits per heavy atom. The van der Waals surface area contributed by atoms with Crippen LogP contribution >= 0.6 is 0 Å². The largest absolute Gasteiger partial charge is 0.493 e. The molecule has 16 heteroatoms. The van der Waals surface area contributed by atoms with Crippen molar-refractivity contribution in [2.45, 2.75) is 65.0 Å². The van der Waals surface area contributed by atoms with E-state index in [2.05, 4.69) is 0 Å². The number of cyclic esters (lactones) is 1. The number of fused-ring (bicyclic) bond motifs is 3. The van der Waals surface area contributed by atoms with Gasteiger partial charge in [0.25, 0.3) is 0 Å². The molecule has 0 saturated carbocycles. The quantitative estimate of drug-likeness (QED) is 0.220. The Kier molecular flexibility index (Phi) is 9.78. The first-order chi connectivity index (χ1) is 24.4. The number of hydrogen-bond acceptors (Lipinski definition) is 16. The summed E-state index contributed by atoms with van der Waals surface area (Å²) in [5, 5.41) is 0.856. The van der Waals surface area contributed by atoms with Crippen LogP contribution in [0.3, 0.4) is 0 Å². The number of carbonyl (C=O) groups is 5. The van der Waals surface area contributed by atoms with E-state index in [1.807, 2.05) is 0 Å². The van der Waals surface area contributed by atoms with Gasteiger partial charge >= 0.3 is 29.8 Å². The van der Waals surface area contributed by atoms with Gasteiger partial charge in [-0.15, -0.1) is 0 Å². The first kappa shape index (κ1) is 35.1. The first-order valence-corrected chi connectivity index (χ1v) is 15.7. The van der Waals surface area contributed by atoms with E-state index in [-0.39, 0.29) is 24.7 Å². The van der Waals surface area contributed by atoms with Gasteiger partial charge in [0.15, 0.2) is 35.2 Å². The van der Waals surface area contributed by atoms with Gasteiger partial charge in [0.1, 0.15) is 25.1 Å². The first-order valence-electron chi connectivity index (χ1n) is 15.7. The number of rotatable bonds is 10. The Bertz CT molecular complexity index is 1920. The third-order valence-electron chi connectivity index (χ3n) is 8.26. The molecule has 16 nitrogen and oxygen atoms in total. The second kappa shape index (κ2) is 14.2. The second-order valence-electron chi connectivity index (χ2n) is 11.6. The van der Waals surface area contributed by atoms with Gasteiger partial charge in [0.2, 0.25) is 19.2 Å². The van der Waals surface area contributed by atoms with Crippen molar-refractivity contribution in [2.24, 2.45) is 0 Å². The van der Waals surface area contributed by atoms with Gasteiger partial charge in [0.05, 0.1) is 19.8 Å². The lowest BCUT2D eigenvalue weighted by Gasteiger charge is -2.44. The van der Waals surface area contributed by atoms with Crippen molar-refractivity contribution in [1.29, 1.82) is 0 Å². The molecule has 3 heterocycles. The molecule has 0 bridgehead atoms. The molecule has 270 valence electrons. The van der Waals surface area contributed by atoms with Crippen LogP contribution in [-0.4, -0.2) is 88.2 Å². The van der Waals surface area contributed by atoms with Crippen molar-refractivity contribution in [3.8, 4) is 39.9 Å². The highest BCUT2D eigenvalue weighted by molar-refractivity contribution is 6.14. The van der Waals surface area contributed by atoms with Crippen molar-refractivity contribution in [3.63, 3.8) is 0 Å². The lowest BCUT2D eigenvalue weighted by atomic mass is 9.89. The molecule has 0 spiro atoms. The van der Waals surface area contributed by atoms with Gasteiger partial charge < -0.3 is 52.1 Å². The highest BCUT2D eigenvalue weighted by Crippen LogP contribution is 2.50. The fourth-order valence-corrected chi connectivity index (χ4v) is 6.29. The molecule has 3 aliphatic heterocycles. The van der Waals surface area contributed by atoms with Crippen LogP contribution in [0.4, 0.5) is 0 Å². The lowest BCUT2D eigenvalue weighted by molar-refractivity contribution is -0.288. The normalized spacial score (nSPS) is 21.6. The van der Waals surface area contributed by atoms with Gasteiger partial charge in [0, 0.05) is 44.2 Å². The number of benzene rings is 3. The predicted octanol–water partition coefficient (Wildman–Crippen LogP) is 3.39. The summed E-state index contributed by atoms with van der Waals surface area (Å²) >= 11 is 0. The van der Waals surface area contributed by atoms with Crippen LogP contribution in [0.1, 0.15) is 43.6 Å². The van der Waals surface area contributed by atoms with E-state index < -0.39 is 67.2 Å². The Labute approximate surface area is 290 Å². The Hall–Kier alpha value is -5.77. The monoisotopic (exact) mass is 710 g/mol. The molecule has 0 radical (unpaired) electrons. The summed E-state index contributed by atoms with van der Waals surface area (Å²) in [5.41, 5.74) is 1.52. The van der Waals surface area contributed by atoms with E-state index in [9.17, 15) is 24.0 Å². The fourth-order valence-electron chi connectivity index (χ4n) is 6.29. The molecule has 0 N–H and O–H groups in total. The van der Waals surface area contributed by atoms with E-state index >= 15 is 0 Å². The minimum Gasteiger partial charge on any atom is -0.493 e. The number of carbonyl (C=O) groups excluding carboxylic acids is 5. The predicted molar refractivity (Wildman–Crippen MR) is 170 cm³/mol. The Morgan fingerprint density at radius 1 is 0.725 bits per heavy atom. The minimum absolute atomic E-state index is 0.0352. The zero-order chi connectivity index (χ0) is 36.6. The molecule has 1 saturated heterocycles. The molecule has 0 aliphatic carbocycles. The third-order valence-corrected chi connectivity index (χ3v) is 8.26. The highest BCUT2D eigenvalue weighted by atomic mass is 16.7. The molecule has 6 rings (SSSR count). The fraction of sp³-hybridized carbons (Fsp3) is 0.400. The van der Waals surface area contributed by atoms with Crippen LogP contribution in [-0.2, 0) is 54.2 Å². The molecule has 0 amide bonds. The van der Waals surface area contributed by atoms with Crippen LogP contribution in [0.5, 0.6) is 28.7 Å². The summed E-state index contributed by atoms with van der Waals surface area (Å²) in [6.45, 7) is 3.85. The van der Waals surface area contributed by atoms with Crippen molar-refractivity contribution in [2.75, 3.05) is 27.6 Å². The second-order valence-corrected chi connectivity index (χ2v) is 11.6. The van der Waals surface area contributed by atoms with E-state index in [1.54, 1.807) is 30.3 Å². The van der Waals surface area contributed by atoms with Crippen LogP contribution in [0.15, 0.2) is 30.3 Å². The molecule has 1 fully saturated rings. The van der Waals surface area contributed by atoms with Crippen LogP contribution in [0.2, 0.25) is 0 Å². The molecule has 3 aliphatic rings. The summed E-state index contributed by atoms with van der Waals surface area (Å²) in [7, 11) is 2.91. The molecular formula is C35H34O16. The summed E-state index contributed by atoms with van der Waals surface area (Å²) in [5.74, 6) is -2.03. The molecule has 51 heavy (non-hydrogen) atoms. The maximum absolute atomic E-state index is 13.5. The molecule has 3 aromatic carbocycles. The SMILES string of the molecule is COc1cc2c(O[C@@H]3O[C@H](COC(C)=O)[C@@H](OC(C)=O)[C@H](OC(C)=O)[C@H]3OC(C)=O)c3c(c(-c4ccc5c(c4)OCO5)c2cc1OC)C(=O)OC3. The Morgan fingerprint density at radius 3 is 2.00 bits per heavy atom. The summed E-state index contributed by atoms with van der Waals surface area (Å²) < 4.78 is 62.6. The van der Waals surface area contributed by atoms with E-state index in [1.165, 1.54) is 21.1 Å². The van der Waals surface area contributed by atoms with E-state index in [4.69, 9.17) is 52.1 Å². The third kappa shape index (κ3) is 6.86. The topological polar surface area (TPSA) is 187 Å². The Balaban J connectivity index is 1.57. The van der Waals surface area contributed by atoms with Crippen molar-refractivity contribution < 1.29 is 76.1 Å². The summed E-state index contributed by atoms with van der Waals surface area (Å²) in [4.78, 5) is 62.5.